The highest BCUT2D eigenvalue weighted by Gasteiger charge is 2.20. The Morgan fingerprint density at radius 3 is 2.56 bits per heavy atom. The molecule has 0 saturated carbocycles. The average Bonchev–Trinajstić information content (AvgIpc) is 2.89. The van der Waals surface area contributed by atoms with Gasteiger partial charge in [0.05, 0.1) is 11.1 Å². The molecule has 5 nitrogen and oxygen atoms in total. The fourth-order valence-corrected chi connectivity index (χ4v) is 2.74. The molecule has 0 aliphatic carbocycles. The lowest BCUT2D eigenvalue weighted by molar-refractivity contribution is -0.118. The first-order valence-electron chi connectivity index (χ1n) is 7.84. The van der Waals surface area contributed by atoms with Gasteiger partial charge in [0.25, 0.3) is 0 Å². The largest absolute Gasteiger partial charge is 0.494 e. The Bertz CT molecular complexity index is 945. The van der Waals surface area contributed by atoms with Crippen LogP contribution in [0.3, 0.4) is 0 Å². The summed E-state index contributed by atoms with van der Waals surface area (Å²) in [5, 5.41) is 13.2. The summed E-state index contributed by atoms with van der Waals surface area (Å²) >= 11 is 0. The van der Waals surface area contributed by atoms with Crippen molar-refractivity contribution in [3.05, 3.63) is 65.0 Å². The number of carbonyl (C=O) groups excluding carboxylic acids is 2. The van der Waals surface area contributed by atoms with Crippen molar-refractivity contribution in [2.45, 2.75) is 13.3 Å². The lowest BCUT2D eigenvalue weighted by Gasteiger charge is -2.05. The Morgan fingerprint density at radius 1 is 1.16 bits per heavy atom. The number of ketones is 1. The molecule has 0 aliphatic rings. The molecule has 2 aromatic carbocycles. The van der Waals surface area contributed by atoms with Gasteiger partial charge in [-0.1, -0.05) is 24.3 Å². The summed E-state index contributed by atoms with van der Waals surface area (Å²) in [5.41, 5.74) is 1.90. The van der Waals surface area contributed by atoms with Crippen molar-refractivity contribution >= 4 is 22.6 Å². The first kappa shape index (κ1) is 16.7. The first-order chi connectivity index (χ1) is 12.0. The van der Waals surface area contributed by atoms with Crippen molar-refractivity contribution in [1.82, 2.24) is 10.3 Å². The van der Waals surface area contributed by atoms with Crippen LogP contribution in [0.25, 0.3) is 10.9 Å². The van der Waals surface area contributed by atoms with Crippen LogP contribution in [0.4, 0.5) is 4.39 Å². The highest BCUT2D eigenvalue weighted by atomic mass is 19.1. The first-order valence-corrected chi connectivity index (χ1v) is 7.84. The van der Waals surface area contributed by atoms with E-state index in [-0.39, 0.29) is 23.1 Å². The third-order valence-electron chi connectivity index (χ3n) is 3.97. The molecule has 0 fully saturated rings. The fraction of sp³-hybridized carbons (Fsp3) is 0.158. The van der Waals surface area contributed by atoms with Crippen LogP contribution in [0.1, 0.15) is 28.4 Å². The van der Waals surface area contributed by atoms with Gasteiger partial charge in [0.2, 0.25) is 11.8 Å². The van der Waals surface area contributed by atoms with Gasteiger partial charge >= 0.3 is 0 Å². The van der Waals surface area contributed by atoms with Crippen molar-refractivity contribution in [3.63, 3.8) is 0 Å². The third-order valence-corrected chi connectivity index (χ3v) is 3.97. The van der Waals surface area contributed by atoms with Crippen molar-refractivity contribution in [1.29, 1.82) is 0 Å². The fourth-order valence-electron chi connectivity index (χ4n) is 2.74. The Hall–Kier alpha value is -3.15. The van der Waals surface area contributed by atoms with Crippen molar-refractivity contribution in [2.75, 3.05) is 6.54 Å². The van der Waals surface area contributed by atoms with E-state index in [0.717, 1.165) is 5.56 Å². The number of aromatic amines is 1. The molecule has 0 unspecified atom stereocenters. The molecule has 1 heterocycles. The van der Waals surface area contributed by atoms with E-state index in [1.165, 1.54) is 25.1 Å². The number of hydrogen-bond donors (Lipinski definition) is 3. The molecular weight excluding hydrogens is 323 g/mol. The van der Waals surface area contributed by atoms with Crippen LogP contribution in [0.15, 0.2) is 42.5 Å². The molecule has 0 aliphatic heterocycles. The van der Waals surface area contributed by atoms with Crippen LogP contribution < -0.4 is 5.32 Å². The molecule has 1 aromatic heterocycles. The summed E-state index contributed by atoms with van der Waals surface area (Å²) in [5.74, 6) is -1.15. The molecular formula is C19H17FN2O3. The maximum atomic E-state index is 13.3. The van der Waals surface area contributed by atoms with Gasteiger partial charge in [-0.25, -0.2) is 4.39 Å². The zero-order valence-corrected chi connectivity index (χ0v) is 13.6. The third kappa shape index (κ3) is 3.52. The molecule has 0 saturated heterocycles. The molecule has 0 atom stereocenters. The van der Waals surface area contributed by atoms with Gasteiger partial charge in [-0.2, -0.15) is 0 Å². The number of nitrogens with one attached hydrogen (secondary N) is 2. The minimum atomic E-state index is -0.448. The summed E-state index contributed by atoms with van der Waals surface area (Å²) in [4.78, 5) is 26.2. The standard InChI is InChI=1S/C19H17FN2O3/c1-11(23)21-9-8-12-2-4-13(5-3-12)18(24)17-15-7-6-14(20)10-16(15)22-19(17)25/h2-7,10,22,25H,8-9H2,1H3,(H,21,23). The normalized spacial score (nSPS) is 10.8. The van der Waals surface area contributed by atoms with Gasteiger partial charge in [0.1, 0.15) is 5.82 Å². The number of fused-ring (bicyclic) bond motifs is 1. The Labute approximate surface area is 143 Å². The van der Waals surface area contributed by atoms with Crippen LogP contribution in [0, 0.1) is 5.82 Å². The van der Waals surface area contributed by atoms with Crippen LogP contribution in [0.5, 0.6) is 5.88 Å². The number of halogens is 1. The van der Waals surface area contributed by atoms with E-state index in [1.54, 1.807) is 24.3 Å². The van der Waals surface area contributed by atoms with Crippen molar-refractivity contribution < 1.29 is 19.1 Å². The maximum Gasteiger partial charge on any atom is 0.216 e. The van der Waals surface area contributed by atoms with Gasteiger partial charge in [-0.15, -0.1) is 0 Å². The van der Waals surface area contributed by atoms with Crippen LogP contribution in [-0.2, 0) is 11.2 Å². The highest BCUT2D eigenvalue weighted by Crippen LogP contribution is 2.30. The topological polar surface area (TPSA) is 82.2 Å². The predicted molar refractivity (Wildman–Crippen MR) is 92.2 cm³/mol. The zero-order chi connectivity index (χ0) is 18.0. The number of aromatic nitrogens is 1. The Balaban J connectivity index is 1.84. The minimum Gasteiger partial charge on any atom is -0.494 e. The molecule has 0 bridgehead atoms. The molecule has 3 N–H and O–H groups in total. The smallest absolute Gasteiger partial charge is 0.216 e. The number of carbonyl (C=O) groups is 2. The Morgan fingerprint density at radius 2 is 1.88 bits per heavy atom. The van der Waals surface area contributed by atoms with Gasteiger partial charge in [-0.05, 0) is 30.2 Å². The van der Waals surface area contributed by atoms with Crippen LogP contribution >= 0.6 is 0 Å². The number of amides is 1. The molecule has 128 valence electrons. The van der Waals surface area contributed by atoms with Crippen molar-refractivity contribution in [2.24, 2.45) is 0 Å². The van der Waals surface area contributed by atoms with E-state index in [2.05, 4.69) is 10.3 Å². The van der Waals surface area contributed by atoms with Crippen molar-refractivity contribution in [3.8, 4) is 5.88 Å². The number of hydrogen-bond acceptors (Lipinski definition) is 3. The Kier molecular flexibility index (Phi) is 4.52. The molecule has 1 amide bonds. The monoisotopic (exact) mass is 340 g/mol. The van der Waals surface area contributed by atoms with Crippen LogP contribution in [0.2, 0.25) is 0 Å². The summed E-state index contributed by atoms with van der Waals surface area (Å²) in [6, 6.07) is 10.9. The van der Waals surface area contributed by atoms with Crippen LogP contribution in [-0.4, -0.2) is 28.3 Å². The van der Waals surface area contributed by atoms with Gasteiger partial charge < -0.3 is 15.4 Å². The van der Waals surface area contributed by atoms with E-state index >= 15 is 0 Å². The SMILES string of the molecule is CC(=O)NCCc1ccc(C(=O)c2c(O)[nH]c3cc(F)ccc23)cc1. The number of rotatable bonds is 5. The van der Waals surface area contributed by atoms with E-state index in [0.29, 0.717) is 29.4 Å². The minimum absolute atomic E-state index is 0.0851. The quantitative estimate of drug-likeness (QED) is 0.625. The highest BCUT2D eigenvalue weighted by molar-refractivity contribution is 6.18. The maximum absolute atomic E-state index is 13.3. The lowest BCUT2D eigenvalue weighted by Crippen LogP contribution is -2.22. The molecule has 0 radical (unpaired) electrons. The second-order valence-corrected chi connectivity index (χ2v) is 5.80. The number of H-pyrrole nitrogens is 1. The lowest BCUT2D eigenvalue weighted by atomic mass is 10.0. The second-order valence-electron chi connectivity index (χ2n) is 5.80. The van der Waals surface area contributed by atoms with Gasteiger partial charge in [-0.3, -0.25) is 9.59 Å². The molecule has 3 rings (SSSR count). The molecule has 3 aromatic rings. The van der Waals surface area contributed by atoms with Gasteiger partial charge in [0.15, 0.2) is 5.78 Å². The second kappa shape index (κ2) is 6.76. The summed E-state index contributed by atoms with van der Waals surface area (Å²) in [6.07, 6.45) is 0.658. The number of aromatic hydroxyl groups is 1. The number of benzene rings is 2. The molecule has 25 heavy (non-hydrogen) atoms. The van der Waals surface area contributed by atoms with E-state index in [1.807, 2.05) is 0 Å². The summed E-state index contributed by atoms with van der Waals surface area (Å²) < 4.78 is 13.3. The van der Waals surface area contributed by atoms with E-state index < -0.39 is 5.82 Å². The molecule has 0 spiro atoms. The zero-order valence-electron chi connectivity index (χ0n) is 13.6. The molecule has 6 heteroatoms. The predicted octanol–water partition coefficient (Wildman–Crippen LogP) is 2.92. The summed E-state index contributed by atoms with van der Waals surface area (Å²) in [7, 11) is 0. The van der Waals surface area contributed by atoms with Gasteiger partial charge in [0, 0.05) is 24.4 Å². The van der Waals surface area contributed by atoms with E-state index in [9.17, 15) is 19.1 Å². The van der Waals surface area contributed by atoms with E-state index in [4.69, 9.17) is 0 Å². The average molecular weight is 340 g/mol. The summed E-state index contributed by atoms with van der Waals surface area (Å²) in [6.45, 7) is 1.98.